The van der Waals surface area contributed by atoms with E-state index >= 15 is 0 Å². The van der Waals surface area contributed by atoms with E-state index in [1.165, 1.54) is 0 Å². The van der Waals surface area contributed by atoms with Gasteiger partial charge in [0.2, 0.25) is 0 Å². The molecule has 0 aliphatic rings. The minimum atomic E-state index is 0.558. The Kier molecular flexibility index (Phi) is 8.00. The van der Waals surface area contributed by atoms with E-state index in [9.17, 15) is 0 Å². The van der Waals surface area contributed by atoms with E-state index in [-0.39, 0.29) is 0 Å². The zero-order valence-corrected chi connectivity index (χ0v) is 12.2. The summed E-state index contributed by atoms with van der Waals surface area (Å²) in [6.45, 7) is 3.20. The number of benzene rings is 1. The first-order valence-corrected chi connectivity index (χ1v) is 6.71. The van der Waals surface area contributed by atoms with Crippen LogP contribution < -0.4 is 5.73 Å². The van der Waals surface area contributed by atoms with Gasteiger partial charge in [-0.25, -0.2) is 0 Å². The average Bonchev–Trinajstić information content (AvgIpc) is 2.35. The van der Waals surface area contributed by atoms with E-state index in [1.54, 1.807) is 7.11 Å². The van der Waals surface area contributed by atoms with Gasteiger partial charge in [-0.15, -0.1) is 0 Å². The summed E-state index contributed by atoms with van der Waals surface area (Å²) in [5, 5.41) is 0. The van der Waals surface area contributed by atoms with Crippen LogP contribution in [-0.4, -0.2) is 33.5 Å². The summed E-state index contributed by atoms with van der Waals surface area (Å²) >= 11 is 3.45. The molecule has 2 N–H and O–H groups in total. The van der Waals surface area contributed by atoms with Gasteiger partial charge in [0.15, 0.2) is 0 Å². The van der Waals surface area contributed by atoms with E-state index in [4.69, 9.17) is 19.9 Å². The van der Waals surface area contributed by atoms with E-state index in [0.29, 0.717) is 26.4 Å². The predicted octanol–water partition coefficient (Wildman–Crippen LogP) is 2.60. The van der Waals surface area contributed by atoms with Gasteiger partial charge in [0.25, 0.3) is 0 Å². The molecule has 1 rings (SSSR count). The molecule has 18 heavy (non-hydrogen) atoms. The number of nitrogens with two attached hydrogens (primary N) is 1. The molecule has 0 amide bonds. The Hall–Kier alpha value is -0.620. The SMILES string of the molecule is COCCCOCCOCc1ccc(N)cc1Br. The van der Waals surface area contributed by atoms with Gasteiger partial charge in [-0.2, -0.15) is 0 Å². The molecule has 0 aliphatic carbocycles. The van der Waals surface area contributed by atoms with Crippen LogP contribution in [-0.2, 0) is 20.8 Å². The van der Waals surface area contributed by atoms with Gasteiger partial charge in [0, 0.05) is 30.5 Å². The summed E-state index contributed by atoms with van der Waals surface area (Å²) in [4.78, 5) is 0. The Morgan fingerprint density at radius 2 is 1.89 bits per heavy atom. The maximum Gasteiger partial charge on any atom is 0.0729 e. The molecular formula is C13H20BrNO3. The lowest BCUT2D eigenvalue weighted by Gasteiger charge is -2.07. The largest absolute Gasteiger partial charge is 0.399 e. The van der Waals surface area contributed by atoms with Crippen molar-refractivity contribution in [1.29, 1.82) is 0 Å². The molecule has 0 aromatic heterocycles. The van der Waals surface area contributed by atoms with E-state index in [0.717, 1.165) is 28.8 Å². The fraction of sp³-hybridized carbons (Fsp3) is 0.538. The maximum atomic E-state index is 5.66. The number of hydrogen-bond donors (Lipinski definition) is 1. The number of methoxy groups -OCH3 is 1. The third-order valence-electron chi connectivity index (χ3n) is 2.34. The Bertz CT molecular complexity index is 347. The van der Waals surface area contributed by atoms with E-state index in [2.05, 4.69) is 15.9 Å². The number of halogens is 1. The number of hydrogen-bond acceptors (Lipinski definition) is 4. The minimum Gasteiger partial charge on any atom is -0.399 e. The quantitative estimate of drug-likeness (QED) is 0.562. The lowest BCUT2D eigenvalue weighted by Crippen LogP contribution is -2.07. The van der Waals surface area contributed by atoms with Gasteiger partial charge in [0.05, 0.1) is 19.8 Å². The second kappa shape index (κ2) is 9.33. The van der Waals surface area contributed by atoms with Gasteiger partial charge < -0.3 is 19.9 Å². The summed E-state index contributed by atoms with van der Waals surface area (Å²) < 4.78 is 16.8. The predicted molar refractivity (Wildman–Crippen MR) is 75.5 cm³/mol. The first-order chi connectivity index (χ1) is 8.74. The maximum absolute atomic E-state index is 5.66. The second-order valence-corrected chi connectivity index (χ2v) is 4.72. The Balaban J connectivity index is 2.07. The van der Waals surface area contributed by atoms with Crippen molar-refractivity contribution in [3.8, 4) is 0 Å². The first kappa shape index (κ1) is 15.4. The number of rotatable bonds is 9. The highest BCUT2D eigenvalue weighted by atomic mass is 79.9. The van der Waals surface area contributed by atoms with Gasteiger partial charge in [0.1, 0.15) is 0 Å². The van der Waals surface area contributed by atoms with Crippen LogP contribution in [0.4, 0.5) is 5.69 Å². The van der Waals surface area contributed by atoms with Crippen molar-refractivity contribution < 1.29 is 14.2 Å². The summed E-state index contributed by atoms with van der Waals surface area (Å²) in [5.74, 6) is 0. The molecule has 0 unspecified atom stereocenters. The summed E-state index contributed by atoms with van der Waals surface area (Å²) in [7, 11) is 1.69. The van der Waals surface area contributed by atoms with Crippen molar-refractivity contribution in [3.05, 3.63) is 28.2 Å². The van der Waals surface area contributed by atoms with Crippen molar-refractivity contribution in [3.63, 3.8) is 0 Å². The van der Waals surface area contributed by atoms with Crippen LogP contribution in [0, 0.1) is 0 Å². The summed E-state index contributed by atoms with van der Waals surface area (Å²) in [5.41, 5.74) is 7.49. The molecular weight excluding hydrogens is 298 g/mol. The highest BCUT2D eigenvalue weighted by molar-refractivity contribution is 9.10. The molecule has 102 valence electrons. The molecule has 1 aromatic rings. The molecule has 0 saturated carbocycles. The van der Waals surface area contributed by atoms with Gasteiger partial charge >= 0.3 is 0 Å². The number of nitrogen functional groups attached to an aromatic ring is 1. The molecule has 0 aliphatic heterocycles. The fourth-order valence-corrected chi connectivity index (χ4v) is 1.90. The highest BCUT2D eigenvalue weighted by Crippen LogP contribution is 2.20. The van der Waals surface area contributed by atoms with Crippen molar-refractivity contribution in [2.75, 3.05) is 39.3 Å². The topological polar surface area (TPSA) is 53.7 Å². The number of ether oxygens (including phenoxy) is 3. The van der Waals surface area contributed by atoms with Crippen LogP contribution in [0.2, 0.25) is 0 Å². The van der Waals surface area contributed by atoms with Gasteiger partial charge in [-0.3, -0.25) is 0 Å². The molecule has 0 heterocycles. The Morgan fingerprint density at radius 1 is 1.11 bits per heavy atom. The molecule has 0 spiro atoms. The van der Waals surface area contributed by atoms with Crippen molar-refractivity contribution in [2.24, 2.45) is 0 Å². The van der Waals surface area contributed by atoms with Crippen LogP contribution >= 0.6 is 15.9 Å². The summed E-state index contributed by atoms with van der Waals surface area (Å²) in [6.07, 6.45) is 0.917. The van der Waals surface area contributed by atoms with E-state index in [1.807, 2.05) is 18.2 Å². The molecule has 5 heteroatoms. The van der Waals surface area contributed by atoms with Crippen LogP contribution in [0.15, 0.2) is 22.7 Å². The second-order valence-electron chi connectivity index (χ2n) is 3.86. The Morgan fingerprint density at radius 3 is 2.61 bits per heavy atom. The lowest BCUT2D eigenvalue weighted by molar-refractivity contribution is 0.0335. The highest BCUT2D eigenvalue weighted by Gasteiger charge is 2.00. The molecule has 0 saturated heterocycles. The zero-order chi connectivity index (χ0) is 13.2. The van der Waals surface area contributed by atoms with E-state index < -0.39 is 0 Å². The number of anilines is 1. The van der Waals surface area contributed by atoms with Crippen LogP contribution in [0.1, 0.15) is 12.0 Å². The van der Waals surface area contributed by atoms with Crippen molar-refractivity contribution >= 4 is 21.6 Å². The third kappa shape index (κ3) is 6.35. The molecule has 4 nitrogen and oxygen atoms in total. The van der Waals surface area contributed by atoms with Crippen molar-refractivity contribution in [2.45, 2.75) is 13.0 Å². The molecule has 0 atom stereocenters. The molecule has 0 radical (unpaired) electrons. The van der Waals surface area contributed by atoms with Crippen LogP contribution in [0.25, 0.3) is 0 Å². The normalized spacial score (nSPS) is 10.8. The van der Waals surface area contributed by atoms with Gasteiger partial charge in [-0.05, 0) is 24.1 Å². The van der Waals surface area contributed by atoms with Gasteiger partial charge in [-0.1, -0.05) is 22.0 Å². The molecule has 0 bridgehead atoms. The zero-order valence-electron chi connectivity index (χ0n) is 10.7. The summed E-state index contributed by atoms with van der Waals surface area (Å²) in [6, 6.07) is 5.70. The standard InChI is InChI=1S/C13H20BrNO3/c1-16-5-2-6-17-7-8-18-10-11-3-4-12(15)9-13(11)14/h3-4,9H,2,5-8,10,15H2,1H3. The lowest BCUT2D eigenvalue weighted by atomic mass is 10.2. The smallest absolute Gasteiger partial charge is 0.0729 e. The fourth-order valence-electron chi connectivity index (χ4n) is 1.39. The Labute approximate surface area is 117 Å². The minimum absolute atomic E-state index is 0.558. The monoisotopic (exact) mass is 317 g/mol. The van der Waals surface area contributed by atoms with Crippen molar-refractivity contribution in [1.82, 2.24) is 0 Å². The van der Waals surface area contributed by atoms with Crippen LogP contribution in [0.5, 0.6) is 0 Å². The molecule has 1 aromatic carbocycles. The molecule has 0 fully saturated rings. The average molecular weight is 318 g/mol. The first-order valence-electron chi connectivity index (χ1n) is 5.92. The third-order valence-corrected chi connectivity index (χ3v) is 3.08. The van der Waals surface area contributed by atoms with Crippen LogP contribution in [0.3, 0.4) is 0 Å².